The van der Waals surface area contributed by atoms with E-state index < -0.39 is 10.0 Å². The molecule has 1 aromatic heterocycles. The van der Waals surface area contributed by atoms with Gasteiger partial charge in [-0.25, -0.2) is 8.42 Å². The maximum Gasteiger partial charge on any atom is 0.238 e. The van der Waals surface area contributed by atoms with Gasteiger partial charge < -0.3 is 14.1 Å². The van der Waals surface area contributed by atoms with Crippen molar-refractivity contribution >= 4 is 15.9 Å². The molecule has 0 unspecified atom stereocenters. The lowest BCUT2D eigenvalue weighted by atomic mass is 10.2. The normalized spacial score (nSPS) is 14.9. The van der Waals surface area contributed by atoms with Gasteiger partial charge in [0.2, 0.25) is 15.9 Å². The summed E-state index contributed by atoms with van der Waals surface area (Å²) in [6, 6.07) is 13.5. The number of unbranched alkanes of at least 4 members (excludes halogenated alkanes) is 1. The standard InChI is InChI=1S/C26H39N3O5S/c1-3-4-19-35(31,32)29(14-8-13-27-15-17-33-18-16-27)22-26(30)28(20-24-9-6-5-7-10-24)21-25-12-11-23(2)34-25/h5-7,9-12H,3-4,8,13-22H2,1-2H3. The highest BCUT2D eigenvalue weighted by molar-refractivity contribution is 7.89. The monoisotopic (exact) mass is 505 g/mol. The van der Waals surface area contributed by atoms with E-state index in [1.165, 1.54) is 4.31 Å². The zero-order chi connectivity index (χ0) is 25.1. The van der Waals surface area contributed by atoms with Crippen molar-refractivity contribution in [2.75, 3.05) is 51.7 Å². The van der Waals surface area contributed by atoms with Crippen LogP contribution in [0.2, 0.25) is 0 Å². The number of carbonyl (C=O) groups is 1. The Morgan fingerprint density at radius 1 is 1.03 bits per heavy atom. The van der Waals surface area contributed by atoms with E-state index in [4.69, 9.17) is 9.15 Å². The first-order valence-electron chi connectivity index (χ1n) is 12.5. The first kappa shape index (κ1) is 27.4. The molecule has 1 fully saturated rings. The summed E-state index contributed by atoms with van der Waals surface area (Å²) < 4.78 is 38.8. The molecule has 35 heavy (non-hydrogen) atoms. The van der Waals surface area contributed by atoms with Gasteiger partial charge in [0.25, 0.3) is 0 Å². The Bertz CT molecular complexity index is 1000. The molecule has 0 bridgehead atoms. The lowest BCUT2D eigenvalue weighted by Gasteiger charge is -2.29. The minimum Gasteiger partial charge on any atom is -0.464 e. The second-order valence-electron chi connectivity index (χ2n) is 9.06. The van der Waals surface area contributed by atoms with Crippen LogP contribution < -0.4 is 0 Å². The summed E-state index contributed by atoms with van der Waals surface area (Å²) in [5.41, 5.74) is 0.983. The molecule has 0 atom stereocenters. The second kappa shape index (κ2) is 13.8. The summed E-state index contributed by atoms with van der Waals surface area (Å²) in [6.45, 7) is 8.58. The molecule has 1 aliphatic heterocycles. The fraction of sp³-hybridized carbons (Fsp3) is 0.577. The largest absolute Gasteiger partial charge is 0.464 e. The number of nitrogens with zero attached hydrogens (tertiary/aromatic N) is 3. The summed E-state index contributed by atoms with van der Waals surface area (Å²) in [5.74, 6) is 1.29. The van der Waals surface area contributed by atoms with Gasteiger partial charge >= 0.3 is 0 Å². The van der Waals surface area contributed by atoms with Gasteiger partial charge in [-0.3, -0.25) is 9.69 Å². The lowest BCUT2D eigenvalue weighted by molar-refractivity contribution is -0.133. The average Bonchev–Trinajstić information content (AvgIpc) is 3.27. The quantitative estimate of drug-likeness (QED) is 0.392. The van der Waals surface area contributed by atoms with Crippen LogP contribution in [-0.4, -0.2) is 80.1 Å². The predicted octanol–water partition coefficient (Wildman–Crippen LogP) is 3.27. The van der Waals surface area contributed by atoms with Gasteiger partial charge in [0, 0.05) is 26.2 Å². The van der Waals surface area contributed by atoms with E-state index in [1.54, 1.807) is 4.90 Å². The molecule has 0 N–H and O–H groups in total. The predicted molar refractivity (Wildman–Crippen MR) is 136 cm³/mol. The number of carbonyl (C=O) groups excluding carboxylic acids is 1. The first-order chi connectivity index (χ1) is 16.9. The van der Waals surface area contributed by atoms with Crippen LogP contribution in [0.15, 0.2) is 46.9 Å². The van der Waals surface area contributed by atoms with Crippen LogP contribution in [0.4, 0.5) is 0 Å². The Morgan fingerprint density at radius 3 is 2.43 bits per heavy atom. The molecular weight excluding hydrogens is 466 g/mol. The maximum absolute atomic E-state index is 13.5. The summed E-state index contributed by atoms with van der Waals surface area (Å²) in [4.78, 5) is 17.5. The van der Waals surface area contributed by atoms with Crippen molar-refractivity contribution in [3.05, 3.63) is 59.5 Å². The molecule has 1 aliphatic rings. The van der Waals surface area contributed by atoms with Gasteiger partial charge in [-0.15, -0.1) is 0 Å². The highest BCUT2D eigenvalue weighted by atomic mass is 32.2. The molecule has 8 nitrogen and oxygen atoms in total. The molecular formula is C26H39N3O5S. The van der Waals surface area contributed by atoms with Crippen LogP contribution in [0.3, 0.4) is 0 Å². The molecule has 2 aromatic rings. The highest BCUT2D eigenvalue weighted by Gasteiger charge is 2.27. The molecule has 0 spiro atoms. The van der Waals surface area contributed by atoms with Crippen LogP contribution in [0.1, 0.15) is 43.3 Å². The number of hydrogen-bond donors (Lipinski definition) is 0. The van der Waals surface area contributed by atoms with E-state index in [0.717, 1.165) is 37.4 Å². The molecule has 0 radical (unpaired) electrons. The summed E-state index contributed by atoms with van der Waals surface area (Å²) in [5, 5.41) is 0. The van der Waals surface area contributed by atoms with E-state index in [9.17, 15) is 13.2 Å². The lowest BCUT2D eigenvalue weighted by Crippen LogP contribution is -2.44. The minimum absolute atomic E-state index is 0.0599. The van der Waals surface area contributed by atoms with Crippen LogP contribution >= 0.6 is 0 Å². The number of aryl methyl sites for hydroxylation is 1. The minimum atomic E-state index is -3.54. The Labute approximate surface area is 209 Å². The summed E-state index contributed by atoms with van der Waals surface area (Å²) >= 11 is 0. The van der Waals surface area contributed by atoms with Crippen LogP contribution in [0, 0.1) is 6.92 Å². The van der Waals surface area contributed by atoms with E-state index in [0.29, 0.717) is 44.9 Å². The topological polar surface area (TPSA) is 83.3 Å². The van der Waals surface area contributed by atoms with E-state index in [-0.39, 0.29) is 24.7 Å². The Kier molecular flexibility index (Phi) is 10.8. The number of sulfonamides is 1. The van der Waals surface area contributed by atoms with Crippen LogP contribution in [-0.2, 0) is 32.6 Å². The second-order valence-corrected chi connectivity index (χ2v) is 11.1. The van der Waals surface area contributed by atoms with Gasteiger partial charge in [-0.05, 0) is 44.0 Å². The van der Waals surface area contributed by atoms with Crippen molar-refractivity contribution in [3.8, 4) is 0 Å². The zero-order valence-corrected chi connectivity index (χ0v) is 21.8. The molecule has 0 aliphatic carbocycles. The van der Waals surface area contributed by atoms with Crippen molar-refractivity contribution in [3.63, 3.8) is 0 Å². The Morgan fingerprint density at radius 2 is 1.77 bits per heavy atom. The SMILES string of the molecule is CCCCS(=O)(=O)N(CCCN1CCOCC1)CC(=O)N(Cc1ccccc1)Cc1ccc(C)o1. The fourth-order valence-electron chi connectivity index (χ4n) is 4.11. The Balaban J connectivity index is 1.71. The number of amides is 1. The molecule has 9 heteroatoms. The highest BCUT2D eigenvalue weighted by Crippen LogP contribution is 2.15. The third-order valence-electron chi connectivity index (χ3n) is 6.16. The van der Waals surface area contributed by atoms with E-state index in [2.05, 4.69) is 4.90 Å². The molecule has 1 aromatic carbocycles. The average molecular weight is 506 g/mol. The number of benzene rings is 1. The van der Waals surface area contributed by atoms with Crippen LogP contribution in [0.5, 0.6) is 0 Å². The fourth-order valence-corrected chi connectivity index (χ4v) is 5.74. The van der Waals surface area contributed by atoms with Crippen molar-refractivity contribution in [2.45, 2.75) is 46.2 Å². The Hall–Kier alpha value is -2.20. The van der Waals surface area contributed by atoms with E-state index in [1.807, 2.05) is 56.3 Å². The van der Waals surface area contributed by atoms with Gasteiger partial charge in [0.15, 0.2) is 0 Å². The zero-order valence-electron chi connectivity index (χ0n) is 21.0. The van der Waals surface area contributed by atoms with E-state index >= 15 is 0 Å². The van der Waals surface area contributed by atoms with Gasteiger partial charge in [0.05, 0.1) is 32.1 Å². The van der Waals surface area contributed by atoms with Crippen molar-refractivity contribution < 1.29 is 22.4 Å². The van der Waals surface area contributed by atoms with Crippen LogP contribution in [0.25, 0.3) is 0 Å². The first-order valence-corrected chi connectivity index (χ1v) is 14.1. The molecule has 2 heterocycles. The van der Waals surface area contributed by atoms with Crippen molar-refractivity contribution in [1.82, 2.24) is 14.1 Å². The summed E-state index contributed by atoms with van der Waals surface area (Å²) in [7, 11) is -3.54. The molecule has 3 rings (SSSR count). The maximum atomic E-state index is 13.5. The van der Waals surface area contributed by atoms with Gasteiger partial charge in [-0.2, -0.15) is 4.31 Å². The van der Waals surface area contributed by atoms with Gasteiger partial charge in [-0.1, -0.05) is 43.7 Å². The number of ether oxygens (including phenoxy) is 1. The third-order valence-corrected chi connectivity index (χ3v) is 8.06. The molecule has 0 saturated carbocycles. The number of morpholine rings is 1. The van der Waals surface area contributed by atoms with Gasteiger partial charge in [0.1, 0.15) is 11.5 Å². The summed E-state index contributed by atoms with van der Waals surface area (Å²) in [6.07, 6.45) is 2.04. The molecule has 1 saturated heterocycles. The smallest absolute Gasteiger partial charge is 0.238 e. The number of hydrogen-bond acceptors (Lipinski definition) is 6. The molecule has 1 amide bonds. The molecule has 194 valence electrons. The number of furan rings is 1. The van der Waals surface area contributed by atoms with Crippen molar-refractivity contribution in [1.29, 1.82) is 0 Å². The van der Waals surface area contributed by atoms with Crippen molar-refractivity contribution in [2.24, 2.45) is 0 Å². The third kappa shape index (κ3) is 9.07. The number of rotatable bonds is 14.